The first-order chi connectivity index (χ1) is 10.4. The number of rotatable bonds is 0. The van der Waals surface area contributed by atoms with Gasteiger partial charge < -0.3 is 0 Å². The first-order valence-electron chi connectivity index (χ1n) is 6.79. The molecule has 4 heterocycles. The van der Waals surface area contributed by atoms with Gasteiger partial charge in [0.25, 0.3) is 0 Å². The zero-order chi connectivity index (χ0) is 13.8. The number of hydrogen-bond acceptors (Lipinski definition) is 3. The van der Waals surface area contributed by atoms with Gasteiger partial charge in [-0.05, 0) is 24.3 Å². The van der Waals surface area contributed by atoms with Gasteiger partial charge in [0.05, 0.1) is 34.6 Å². The van der Waals surface area contributed by atoms with E-state index in [1.54, 1.807) is 0 Å². The van der Waals surface area contributed by atoms with Gasteiger partial charge >= 0.3 is 0 Å². The molecule has 0 aliphatic rings. The monoisotopic (exact) mass is 270 g/mol. The molecule has 0 aliphatic heterocycles. The van der Waals surface area contributed by atoms with Crippen molar-refractivity contribution in [2.45, 2.75) is 0 Å². The number of pyridine rings is 3. The molecule has 0 bridgehead atoms. The average Bonchev–Trinajstić information content (AvgIpc) is 3.03. The normalized spacial score (nSPS) is 11.8. The van der Waals surface area contributed by atoms with E-state index in [0.29, 0.717) is 0 Å². The highest BCUT2D eigenvalue weighted by atomic mass is 15.0. The second-order valence-corrected chi connectivity index (χ2v) is 5.11. The van der Waals surface area contributed by atoms with Crippen LogP contribution >= 0.6 is 0 Å². The van der Waals surface area contributed by atoms with Crippen molar-refractivity contribution in [1.29, 1.82) is 0 Å². The fourth-order valence-electron chi connectivity index (χ4n) is 3.01. The van der Waals surface area contributed by atoms with Crippen LogP contribution in [0.3, 0.4) is 0 Å². The summed E-state index contributed by atoms with van der Waals surface area (Å²) in [5.74, 6) is 0. The Morgan fingerprint density at radius 2 is 1.76 bits per heavy atom. The molecule has 98 valence electrons. The van der Waals surface area contributed by atoms with E-state index in [0.717, 1.165) is 38.2 Å². The number of benzene rings is 1. The van der Waals surface area contributed by atoms with Crippen molar-refractivity contribution < 1.29 is 0 Å². The van der Waals surface area contributed by atoms with E-state index in [4.69, 9.17) is 0 Å². The quantitative estimate of drug-likeness (QED) is 0.319. The molecule has 5 rings (SSSR count). The van der Waals surface area contributed by atoms with Crippen LogP contribution in [0.2, 0.25) is 0 Å². The lowest BCUT2D eigenvalue weighted by Crippen LogP contribution is -1.92. The van der Waals surface area contributed by atoms with Crippen LogP contribution in [0, 0.1) is 0 Å². The van der Waals surface area contributed by atoms with Crippen LogP contribution in [0.15, 0.2) is 61.3 Å². The molecule has 0 spiro atoms. The zero-order valence-electron chi connectivity index (χ0n) is 11.1. The predicted molar refractivity (Wildman–Crippen MR) is 83.3 cm³/mol. The van der Waals surface area contributed by atoms with Gasteiger partial charge in [0.15, 0.2) is 0 Å². The summed E-state index contributed by atoms with van der Waals surface area (Å²) in [6, 6.07) is 12.4. The van der Waals surface area contributed by atoms with Crippen LogP contribution in [0.25, 0.3) is 38.2 Å². The summed E-state index contributed by atoms with van der Waals surface area (Å²) < 4.78 is 2.09. The van der Waals surface area contributed by atoms with Crippen LogP contribution in [-0.4, -0.2) is 19.4 Å². The molecule has 0 unspecified atom stereocenters. The smallest absolute Gasteiger partial charge is 0.0997 e. The van der Waals surface area contributed by atoms with Gasteiger partial charge in [-0.15, -0.1) is 0 Å². The third kappa shape index (κ3) is 1.36. The summed E-state index contributed by atoms with van der Waals surface area (Å²) in [5.41, 5.74) is 4.12. The molecule has 0 saturated heterocycles. The standard InChI is InChI=1S/C17H10N4/c1-3-11-7-15-13(8-14(11)19-5-1)12-4-2-6-20-17(12)16-9-18-10-21(15)16/h1-10H. The fraction of sp³-hybridized carbons (Fsp3) is 0. The van der Waals surface area contributed by atoms with Gasteiger partial charge in [-0.25, -0.2) is 4.98 Å². The van der Waals surface area contributed by atoms with Crippen LogP contribution in [0.5, 0.6) is 0 Å². The molecule has 5 aromatic rings. The maximum atomic E-state index is 4.53. The Bertz CT molecular complexity index is 1140. The Morgan fingerprint density at radius 3 is 2.76 bits per heavy atom. The van der Waals surface area contributed by atoms with Crippen LogP contribution in [0.4, 0.5) is 0 Å². The molecule has 0 saturated carbocycles. The molecule has 0 fully saturated rings. The molecule has 1 aromatic carbocycles. The Morgan fingerprint density at radius 1 is 0.857 bits per heavy atom. The highest BCUT2D eigenvalue weighted by molar-refractivity contribution is 6.13. The third-order valence-corrected chi connectivity index (χ3v) is 3.96. The minimum absolute atomic E-state index is 0.970. The highest BCUT2D eigenvalue weighted by Gasteiger charge is 2.10. The van der Waals surface area contributed by atoms with Crippen LogP contribution in [-0.2, 0) is 0 Å². The van der Waals surface area contributed by atoms with Gasteiger partial charge in [-0.2, -0.15) is 0 Å². The number of hydrogen-bond donors (Lipinski definition) is 0. The van der Waals surface area contributed by atoms with Gasteiger partial charge in [0.1, 0.15) is 0 Å². The maximum Gasteiger partial charge on any atom is 0.0997 e. The van der Waals surface area contributed by atoms with Crippen molar-refractivity contribution >= 4 is 38.2 Å². The Labute approximate surface area is 119 Å². The van der Waals surface area contributed by atoms with E-state index < -0.39 is 0 Å². The lowest BCUT2D eigenvalue weighted by molar-refractivity contribution is 1.21. The summed E-state index contributed by atoms with van der Waals surface area (Å²) in [7, 11) is 0. The molecule has 0 N–H and O–H groups in total. The van der Waals surface area contributed by atoms with Crippen molar-refractivity contribution in [1.82, 2.24) is 19.4 Å². The largest absolute Gasteiger partial charge is 0.297 e. The van der Waals surface area contributed by atoms with Gasteiger partial charge in [0.2, 0.25) is 0 Å². The Hall–Kier alpha value is -3.01. The van der Waals surface area contributed by atoms with Gasteiger partial charge in [0, 0.05) is 28.6 Å². The second kappa shape index (κ2) is 3.76. The third-order valence-electron chi connectivity index (χ3n) is 3.96. The van der Waals surface area contributed by atoms with E-state index >= 15 is 0 Å². The predicted octanol–water partition coefficient (Wildman–Crippen LogP) is 3.58. The lowest BCUT2D eigenvalue weighted by atomic mass is 10.1. The second-order valence-electron chi connectivity index (χ2n) is 5.11. The van der Waals surface area contributed by atoms with E-state index in [-0.39, 0.29) is 0 Å². The van der Waals surface area contributed by atoms with Crippen molar-refractivity contribution in [3.63, 3.8) is 0 Å². The molecule has 0 amide bonds. The topological polar surface area (TPSA) is 43.1 Å². The van der Waals surface area contributed by atoms with Crippen molar-refractivity contribution in [2.24, 2.45) is 0 Å². The zero-order valence-corrected chi connectivity index (χ0v) is 11.1. The maximum absolute atomic E-state index is 4.53. The van der Waals surface area contributed by atoms with E-state index in [1.165, 1.54) is 0 Å². The van der Waals surface area contributed by atoms with Gasteiger partial charge in [-0.3, -0.25) is 14.4 Å². The minimum Gasteiger partial charge on any atom is -0.297 e. The Kier molecular flexibility index (Phi) is 1.92. The highest BCUT2D eigenvalue weighted by Crippen LogP contribution is 2.30. The van der Waals surface area contributed by atoms with Crippen LogP contribution < -0.4 is 0 Å². The Balaban J connectivity index is 2.18. The van der Waals surface area contributed by atoms with Crippen molar-refractivity contribution in [2.75, 3.05) is 0 Å². The number of imidazole rings is 1. The summed E-state index contributed by atoms with van der Waals surface area (Å²) in [6.45, 7) is 0. The van der Waals surface area contributed by atoms with E-state index in [9.17, 15) is 0 Å². The first kappa shape index (κ1) is 10.7. The molecular formula is C17H10N4. The summed E-state index contributed by atoms with van der Waals surface area (Å²) in [4.78, 5) is 13.3. The summed E-state index contributed by atoms with van der Waals surface area (Å²) in [6.07, 6.45) is 7.35. The molecule has 4 heteroatoms. The number of nitrogens with zero attached hydrogens (tertiary/aromatic N) is 4. The van der Waals surface area contributed by atoms with Crippen molar-refractivity contribution in [3.05, 3.63) is 61.3 Å². The first-order valence-corrected chi connectivity index (χ1v) is 6.79. The minimum atomic E-state index is 0.970. The number of fused-ring (bicyclic) bond motifs is 7. The molecule has 4 nitrogen and oxygen atoms in total. The molecular weight excluding hydrogens is 260 g/mol. The fourth-order valence-corrected chi connectivity index (χ4v) is 3.01. The molecule has 4 aromatic heterocycles. The molecule has 0 radical (unpaired) electrons. The van der Waals surface area contributed by atoms with Crippen molar-refractivity contribution in [3.8, 4) is 0 Å². The average molecular weight is 270 g/mol. The van der Waals surface area contributed by atoms with Gasteiger partial charge in [-0.1, -0.05) is 12.1 Å². The SMILES string of the molecule is c1cnc2cc3c4cccnc4c4cncn4c3cc2c1. The molecule has 21 heavy (non-hydrogen) atoms. The van der Waals surface area contributed by atoms with E-state index in [1.807, 2.05) is 37.1 Å². The van der Waals surface area contributed by atoms with E-state index in [2.05, 4.69) is 43.6 Å². The lowest BCUT2D eigenvalue weighted by Gasteiger charge is -2.08. The van der Waals surface area contributed by atoms with Crippen LogP contribution in [0.1, 0.15) is 0 Å². The number of aromatic nitrogens is 4. The summed E-state index contributed by atoms with van der Waals surface area (Å²) in [5, 5.41) is 3.41. The molecule has 0 atom stereocenters. The molecule has 0 aliphatic carbocycles. The summed E-state index contributed by atoms with van der Waals surface area (Å²) >= 11 is 0.